The van der Waals surface area contributed by atoms with Crippen molar-refractivity contribution in [1.29, 1.82) is 0 Å². The highest BCUT2D eigenvalue weighted by molar-refractivity contribution is 7.89. The van der Waals surface area contributed by atoms with Gasteiger partial charge in [0, 0.05) is 25.2 Å². The monoisotopic (exact) mass is 443 g/mol. The second kappa shape index (κ2) is 9.40. The highest BCUT2D eigenvalue weighted by Crippen LogP contribution is 2.24. The molecule has 0 saturated heterocycles. The van der Waals surface area contributed by atoms with Crippen LogP contribution in [0.5, 0.6) is 0 Å². The van der Waals surface area contributed by atoms with Gasteiger partial charge in [-0.3, -0.25) is 19.3 Å². The van der Waals surface area contributed by atoms with Crippen LogP contribution in [-0.2, 0) is 14.8 Å². The lowest BCUT2D eigenvalue weighted by Gasteiger charge is -2.14. The van der Waals surface area contributed by atoms with E-state index in [2.05, 4.69) is 10.0 Å². The lowest BCUT2D eigenvalue weighted by Crippen LogP contribution is -2.32. The van der Waals surface area contributed by atoms with Crippen LogP contribution in [0.3, 0.4) is 0 Å². The van der Waals surface area contributed by atoms with Crippen molar-refractivity contribution in [3.05, 3.63) is 59.2 Å². The maximum absolute atomic E-state index is 12.5. The third-order valence-electron chi connectivity index (χ3n) is 4.94. The molecule has 2 aromatic carbocycles. The van der Waals surface area contributed by atoms with Gasteiger partial charge in [-0.15, -0.1) is 0 Å². The van der Waals surface area contributed by atoms with E-state index in [1.165, 1.54) is 18.2 Å². The predicted molar refractivity (Wildman–Crippen MR) is 116 cm³/mol. The normalized spacial score (nSPS) is 13.4. The number of fused-ring (bicyclic) bond motifs is 1. The highest BCUT2D eigenvalue weighted by Gasteiger charge is 2.35. The first-order valence-corrected chi connectivity index (χ1v) is 11.6. The fraction of sp³-hybridized carbons (Fsp3) is 0.318. The molecule has 1 heterocycles. The van der Waals surface area contributed by atoms with Gasteiger partial charge < -0.3 is 5.32 Å². The van der Waals surface area contributed by atoms with E-state index in [0.717, 1.165) is 23.3 Å². The minimum absolute atomic E-state index is 0.0529. The number of amides is 3. The molecule has 8 nitrogen and oxygen atoms in total. The van der Waals surface area contributed by atoms with Gasteiger partial charge in [0.05, 0.1) is 16.0 Å². The quantitative estimate of drug-likeness (QED) is 0.457. The molecule has 3 amide bonds. The SMILES string of the molecule is CCCCNS(=O)(=O)c1cccc(NC(=O)CCN2C(=O)c3ccc(C)cc3C2=O)c1. The molecule has 1 aliphatic rings. The minimum atomic E-state index is -3.66. The van der Waals surface area contributed by atoms with Gasteiger partial charge in [0.25, 0.3) is 11.8 Å². The first kappa shape index (κ1) is 22.6. The van der Waals surface area contributed by atoms with Crippen LogP contribution < -0.4 is 10.0 Å². The Bertz CT molecular complexity index is 1130. The molecule has 31 heavy (non-hydrogen) atoms. The molecular formula is C22H25N3O5S. The number of carbonyl (C=O) groups is 3. The molecule has 0 aromatic heterocycles. The number of nitrogens with one attached hydrogen (secondary N) is 2. The minimum Gasteiger partial charge on any atom is -0.326 e. The summed E-state index contributed by atoms with van der Waals surface area (Å²) in [4.78, 5) is 38.4. The Morgan fingerprint density at radius 3 is 2.52 bits per heavy atom. The molecule has 0 fully saturated rings. The lowest BCUT2D eigenvalue weighted by molar-refractivity contribution is -0.116. The van der Waals surface area contributed by atoms with Gasteiger partial charge in [0.2, 0.25) is 15.9 Å². The first-order valence-electron chi connectivity index (χ1n) is 10.1. The van der Waals surface area contributed by atoms with E-state index in [1.807, 2.05) is 13.8 Å². The fourth-order valence-corrected chi connectivity index (χ4v) is 4.37. The molecule has 0 radical (unpaired) electrons. The molecule has 0 spiro atoms. The molecule has 9 heteroatoms. The van der Waals surface area contributed by atoms with Crippen LogP contribution in [0.25, 0.3) is 0 Å². The van der Waals surface area contributed by atoms with Crippen LogP contribution >= 0.6 is 0 Å². The third-order valence-corrected chi connectivity index (χ3v) is 6.40. The van der Waals surface area contributed by atoms with E-state index in [-0.39, 0.29) is 17.9 Å². The van der Waals surface area contributed by atoms with Gasteiger partial charge >= 0.3 is 0 Å². The number of hydrogen-bond donors (Lipinski definition) is 2. The van der Waals surface area contributed by atoms with Gasteiger partial charge in [0.1, 0.15) is 0 Å². The maximum atomic E-state index is 12.5. The number of unbranched alkanes of at least 4 members (excludes halogenated alkanes) is 1. The summed E-state index contributed by atoms with van der Waals surface area (Å²) < 4.78 is 27.2. The topological polar surface area (TPSA) is 113 Å². The third kappa shape index (κ3) is 5.18. The van der Waals surface area contributed by atoms with Crippen molar-refractivity contribution in [3.63, 3.8) is 0 Å². The van der Waals surface area contributed by atoms with E-state index in [4.69, 9.17) is 0 Å². The number of anilines is 1. The second-order valence-electron chi connectivity index (χ2n) is 7.39. The van der Waals surface area contributed by atoms with Gasteiger partial charge in [-0.1, -0.05) is 31.0 Å². The Morgan fingerprint density at radius 2 is 1.77 bits per heavy atom. The lowest BCUT2D eigenvalue weighted by atomic mass is 10.1. The summed E-state index contributed by atoms with van der Waals surface area (Å²) >= 11 is 0. The van der Waals surface area contributed by atoms with Crippen molar-refractivity contribution < 1.29 is 22.8 Å². The van der Waals surface area contributed by atoms with Crippen molar-refractivity contribution in [2.45, 2.75) is 38.0 Å². The van der Waals surface area contributed by atoms with Crippen LogP contribution in [0.4, 0.5) is 5.69 Å². The molecule has 0 atom stereocenters. The van der Waals surface area contributed by atoms with Crippen LogP contribution in [0.2, 0.25) is 0 Å². The molecule has 1 aliphatic heterocycles. The maximum Gasteiger partial charge on any atom is 0.261 e. The molecule has 0 bridgehead atoms. The largest absolute Gasteiger partial charge is 0.326 e. The van der Waals surface area contributed by atoms with Crippen LogP contribution in [0, 0.1) is 6.92 Å². The van der Waals surface area contributed by atoms with Crippen LogP contribution in [-0.4, -0.2) is 44.1 Å². The number of rotatable bonds is 9. The number of nitrogens with zero attached hydrogens (tertiary/aromatic N) is 1. The van der Waals surface area contributed by atoms with E-state index in [1.54, 1.807) is 24.3 Å². The van der Waals surface area contributed by atoms with Crippen LogP contribution in [0.1, 0.15) is 52.5 Å². The predicted octanol–water partition coefficient (Wildman–Crippen LogP) is 2.70. The Hall–Kier alpha value is -3.04. The van der Waals surface area contributed by atoms with Crippen molar-refractivity contribution in [2.24, 2.45) is 0 Å². The molecule has 164 valence electrons. The zero-order valence-electron chi connectivity index (χ0n) is 17.5. The number of benzene rings is 2. The summed E-state index contributed by atoms with van der Waals surface area (Å²) in [5.74, 6) is -1.26. The van der Waals surface area contributed by atoms with Gasteiger partial charge in [-0.2, -0.15) is 0 Å². The molecule has 2 N–H and O–H groups in total. The smallest absolute Gasteiger partial charge is 0.261 e. The van der Waals surface area contributed by atoms with Gasteiger partial charge in [-0.25, -0.2) is 13.1 Å². The van der Waals surface area contributed by atoms with Crippen molar-refractivity contribution in [2.75, 3.05) is 18.4 Å². The van der Waals surface area contributed by atoms with E-state index in [9.17, 15) is 22.8 Å². The molecule has 0 saturated carbocycles. The van der Waals surface area contributed by atoms with Crippen LogP contribution in [0.15, 0.2) is 47.4 Å². The molecular weight excluding hydrogens is 418 g/mol. The van der Waals surface area contributed by atoms with Gasteiger partial charge in [-0.05, 0) is 43.7 Å². The number of sulfonamides is 1. The summed E-state index contributed by atoms with van der Waals surface area (Å²) in [5, 5.41) is 2.63. The summed E-state index contributed by atoms with van der Waals surface area (Å²) in [5.41, 5.74) is 1.88. The van der Waals surface area contributed by atoms with E-state index < -0.39 is 27.7 Å². The molecule has 0 unspecified atom stereocenters. The number of hydrogen-bond acceptors (Lipinski definition) is 5. The highest BCUT2D eigenvalue weighted by atomic mass is 32.2. The average Bonchev–Trinajstić information content (AvgIpc) is 2.96. The second-order valence-corrected chi connectivity index (χ2v) is 9.16. The first-order chi connectivity index (χ1) is 14.7. The molecule has 3 rings (SSSR count). The van der Waals surface area contributed by atoms with E-state index >= 15 is 0 Å². The summed E-state index contributed by atoms with van der Waals surface area (Å²) in [7, 11) is -3.66. The Morgan fingerprint density at radius 1 is 1.03 bits per heavy atom. The van der Waals surface area contributed by atoms with Crippen molar-refractivity contribution in [3.8, 4) is 0 Å². The summed E-state index contributed by atoms with van der Waals surface area (Å²) in [6.45, 7) is 4.08. The number of carbonyl (C=O) groups excluding carboxylic acids is 3. The summed E-state index contributed by atoms with van der Waals surface area (Å²) in [6.07, 6.45) is 1.49. The average molecular weight is 444 g/mol. The standard InChI is InChI=1S/C22H25N3O5S/c1-3-4-11-23-31(29,30)17-7-5-6-16(14-17)24-20(26)10-12-25-21(27)18-9-8-15(2)13-19(18)22(25)28/h5-9,13-14,23H,3-4,10-12H2,1-2H3,(H,24,26). The fourth-order valence-electron chi connectivity index (χ4n) is 3.25. The van der Waals surface area contributed by atoms with Gasteiger partial charge in [0.15, 0.2) is 0 Å². The molecule has 2 aromatic rings. The van der Waals surface area contributed by atoms with E-state index in [0.29, 0.717) is 23.4 Å². The Kier molecular flexibility index (Phi) is 6.87. The zero-order chi connectivity index (χ0) is 22.6. The van der Waals surface area contributed by atoms with Crippen molar-refractivity contribution in [1.82, 2.24) is 9.62 Å². The zero-order valence-corrected chi connectivity index (χ0v) is 18.3. The number of imide groups is 1. The Balaban J connectivity index is 1.61. The molecule has 0 aliphatic carbocycles. The van der Waals surface area contributed by atoms with Crippen molar-refractivity contribution >= 4 is 33.4 Å². The summed E-state index contributed by atoms with van der Waals surface area (Å²) in [6, 6.07) is 11.0. The number of aryl methyl sites for hydroxylation is 1. The Labute approximate surface area is 181 Å².